The number of methoxy groups -OCH3 is 1. The maximum absolute atomic E-state index is 5.29. The molecule has 0 aliphatic rings. The zero-order valence-electron chi connectivity index (χ0n) is 10.0. The summed E-state index contributed by atoms with van der Waals surface area (Å²) in [7, 11) is 1.50. The molecule has 1 aromatic heterocycles. The van der Waals surface area contributed by atoms with E-state index in [4.69, 9.17) is 10.6 Å². The van der Waals surface area contributed by atoms with Crippen LogP contribution < -0.4 is 16.0 Å². The zero-order chi connectivity index (χ0) is 13.0. The largest absolute Gasteiger partial charge is 0.467 e. The number of hydrazine groups is 1. The molecule has 1 aromatic carbocycles. The molecular weight excluding hydrogens is 250 g/mol. The summed E-state index contributed by atoms with van der Waals surface area (Å²) in [4.78, 5) is 13.3. The quantitative estimate of drug-likeness (QED) is 0.640. The Morgan fingerprint density at radius 3 is 2.78 bits per heavy atom. The van der Waals surface area contributed by atoms with Gasteiger partial charge in [-0.15, -0.1) is 0 Å². The van der Waals surface area contributed by atoms with E-state index in [1.165, 1.54) is 24.4 Å². The highest BCUT2D eigenvalue weighted by Gasteiger charge is 2.07. The number of benzene rings is 1. The molecule has 0 saturated heterocycles. The maximum atomic E-state index is 5.29. The van der Waals surface area contributed by atoms with Crippen LogP contribution in [0, 0.1) is 6.92 Å². The lowest BCUT2D eigenvalue weighted by Crippen LogP contribution is -2.12. The van der Waals surface area contributed by atoms with Gasteiger partial charge in [-0.05, 0) is 30.8 Å². The highest BCUT2D eigenvalue weighted by atomic mass is 32.2. The highest BCUT2D eigenvalue weighted by molar-refractivity contribution is 7.99. The van der Waals surface area contributed by atoms with Crippen LogP contribution in [0.1, 0.15) is 5.56 Å². The predicted molar refractivity (Wildman–Crippen MR) is 69.5 cm³/mol. The molecule has 3 N–H and O–H groups in total. The molecule has 0 fully saturated rings. The zero-order valence-corrected chi connectivity index (χ0v) is 10.9. The molecule has 18 heavy (non-hydrogen) atoms. The van der Waals surface area contributed by atoms with E-state index in [1.807, 2.05) is 25.1 Å². The Morgan fingerprint density at radius 1 is 1.28 bits per heavy atom. The fourth-order valence-corrected chi connectivity index (χ4v) is 2.18. The van der Waals surface area contributed by atoms with Crippen molar-refractivity contribution in [2.24, 2.45) is 5.84 Å². The molecule has 2 rings (SSSR count). The third kappa shape index (κ3) is 3.08. The van der Waals surface area contributed by atoms with Crippen molar-refractivity contribution in [1.29, 1.82) is 0 Å². The van der Waals surface area contributed by atoms with Crippen LogP contribution in [0.5, 0.6) is 6.01 Å². The summed E-state index contributed by atoms with van der Waals surface area (Å²) in [5.74, 6) is 5.57. The number of rotatable bonds is 4. The van der Waals surface area contributed by atoms with Gasteiger partial charge in [0.1, 0.15) is 0 Å². The van der Waals surface area contributed by atoms with Gasteiger partial charge in [-0.2, -0.15) is 15.0 Å². The summed E-state index contributed by atoms with van der Waals surface area (Å²) in [5, 5.41) is 0.528. The van der Waals surface area contributed by atoms with Crippen molar-refractivity contribution in [2.45, 2.75) is 17.0 Å². The molecule has 0 amide bonds. The lowest BCUT2D eigenvalue weighted by Gasteiger charge is -2.05. The first-order chi connectivity index (χ1) is 8.71. The van der Waals surface area contributed by atoms with Gasteiger partial charge in [-0.3, -0.25) is 5.43 Å². The number of nitrogens with two attached hydrogens (primary N) is 1. The van der Waals surface area contributed by atoms with Crippen LogP contribution in [0.3, 0.4) is 0 Å². The van der Waals surface area contributed by atoms with Gasteiger partial charge in [0.15, 0.2) is 0 Å². The molecule has 1 heterocycles. The second-order valence-electron chi connectivity index (χ2n) is 3.49. The number of aryl methyl sites for hydroxylation is 1. The van der Waals surface area contributed by atoms with E-state index in [0.29, 0.717) is 5.16 Å². The summed E-state index contributed by atoms with van der Waals surface area (Å²) in [5.41, 5.74) is 3.56. The van der Waals surface area contributed by atoms with E-state index in [-0.39, 0.29) is 12.0 Å². The average molecular weight is 263 g/mol. The van der Waals surface area contributed by atoms with Crippen molar-refractivity contribution in [3.8, 4) is 6.01 Å². The van der Waals surface area contributed by atoms with Gasteiger partial charge < -0.3 is 4.74 Å². The number of nitrogens with zero attached hydrogens (tertiary/aromatic N) is 3. The Labute approximate surface area is 109 Å². The fraction of sp³-hybridized carbons (Fsp3) is 0.182. The second kappa shape index (κ2) is 5.65. The van der Waals surface area contributed by atoms with E-state index in [9.17, 15) is 0 Å². The first kappa shape index (κ1) is 12.6. The van der Waals surface area contributed by atoms with E-state index in [1.54, 1.807) is 0 Å². The van der Waals surface area contributed by atoms with Crippen LogP contribution in [0.4, 0.5) is 5.95 Å². The summed E-state index contributed by atoms with van der Waals surface area (Å²) < 4.78 is 4.99. The number of aromatic nitrogens is 3. The minimum atomic E-state index is 0.230. The van der Waals surface area contributed by atoms with Gasteiger partial charge in [0.25, 0.3) is 0 Å². The first-order valence-electron chi connectivity index (χ1n) is 5.22. The van der Waals surface area contributed by atoms with Gasteiger partial charge >= 0.3 is 6.01 Å². The SMILES string of the molecule is COc1nc(NN)nc(Sc2cccc(C)c2)n1. The highest BCUT2D eigenvalue weighted by Crippen LogP contribution is 2.26. The molecule has 6 nitrogen and oxygen atoms in total. The average Bonchev–Trinajstić information content (AvgIpc) is 2.38. The van der Waals surface area contributed by atoms with Crippen LogP contribution in [-0.2, 0) is 0 Å². The number of hydrogen-bond donors (Lipinski definition) is 2. The lowest BCUT2D eigenvalue weighted by molar-refractivity contribution is 0.373. The summed E-state index contributed by atoms with van der Waals surface area (Å²) in [6, 6.07) is 8.29. The van der Waals surface area contributed by atoms with Gasteiger partial charge in [0.05, 0.1) is 7.11 Å². The number of ether oxygens (including phenoxy) is 1. The third-order valence-electron chi connectivity index (χ3n) is 2.10. The van der Waals surface area contributed by atoms with E-state index in [2.05, 4.69) is 26.4 Å². The van der Waals surface area contributed by atoms with Crippen molar-refractivity contribution < 1.29 is 4.74 Å². The van der Waals surface area contributed by atoms with Crippen LogP contribution in [0.25, 0.3) is 0 Å². The Kier molecular flexibility index (Phi) is 3.96. The molecule has 2 aromatic rings. The first-order valence-corrected chi connectivity index (χ1v) is 6.04. The molecule has 0 aliphatic carbocycles. The smallest absolute Gasteiger partial charge is 0.322 e. The third-order valence-corrected chi connectivity index (χ3v) is 2.96. The Hall–Kier alpha value is -1.86. The van der Waals surface area contributed by atoms with Crippen LogP contribution in [-0.4, -0.2) is 22.1 Å². The molecular formula is C11H13N5OS. The van der Waals surface area contributed by atoms with E-state index < -0.39 is 0 Å². The van der Waals surface area contributed by atoms with E-state index in [0.717, 1.165) is 4.90 Å². The molecule has 0 unspecified atom stereocenters. The summed E-state index contributed by atoms with van der Waals surface area (Å²) in [6.07, 6.45) is 0. The van der Waals surface area contributed by atoms with Crippen molar-refractivity contribution in [3.63, 3.8) is 0 Å². The van der Waals surface area contributed by atoms with Crippen LogP contribution >= 0.6 is 11.8 Å². The van der Waals surface area contributed by atoms with Crippen molar-refractivity contribution in [3.05, 3.63) is 29.8 Å². The molecule has 0 bridgehead atoms. The summed E-state index contributed by atoms with van der Waals surface area (Å²) >= 11 is 1.42. The standard InChI is InChI=1S/C11H13N5OS/c1-7-4-3-5-8(6-7)18-11-14-9(16-12)13-10(15-11)17-2/h3-6H,12H2,1-2H3,(H,13,14,15,16). The van der Waals surface area contributed by atoms with Gasteiger partial charge in [0.2, 0.25) is 11.1 Å². The van der Waals surface area contributed by atoms with Gasteiger partial charge in [0, 0.05) is 4.90 Å². The number of nitrogen functional groups attached to an aromatic ring is 1. The van der Waals surface area contributed by atoms with Crippen LogP contribution in [0.2, 0.25) is 0 Å². The van der Waals surface area contributed by atoms with Gasteiger partial charge in [-0.25, -0.2) is 5.84 Å². The van der Waals surface area contributed by atoms with Crippen molar-refractivity contribution >= 4 is 17.7 Å². The van der Waals surface area contributed by atoms with E-state index >= 15 is 0 Å². The Balaban J connectivity index is 2.28. The minimum absolute atomic E-state index is 0.230. The monoisotopic (exact) mass is 263 g/mol. The number of nitrogens with one attached hydrogen (secondary N) is 1. The second-order valence-corrected chi connectivity index (χ2v) is 4.53. The molecule has 0 saturated carbocycles. The molecule has 0 radical (unpaired) electrons. The molecule has 0 atom stereocenters. The lowest BCUT2D eigenvalue weighted by atomic mass is 10.2. The Morgan fingerprint density at radius 2 is 2.11 bits per heavy atom. The number of anilines is 1. The van der Waals surface area contributed by atoms with Gasteiger partial charge in [-0.1, -0.05) is 17.7 Å². The van der Waals surface area contributed by atoms with Crippen LogP contribution in [0.15, 0.2) is 34.3 Å². The fourth-order valence-electron chi connectivity index (χ4n) is 1.32. The number of hydrogen-bond acceptors (Lipinski definition) is 7. The minimum Gasteiger partial charge on any atom is -0.467 e. The van der Waals surface area contributed by atoms with Crippen molar-refractivity contribution in [2.75, 3.05) is 12.5 Å². The topological polar surface area (TPSA) is 86.0 Å². The van der Waals surface area contributed by atoms with Crippen molar-refractivity contribution in [1.82, 2.24) is 15.0 Å². The Bertz CT molecular complexity index is 526. The molecule has 0 aliphatic heterocycles. The summed E-state index contributed by atoms with van der Waals surface area (Å²) in [6.45, 7) is 2.03. The predicted octanol–water partition coefficient (Wildman–Crippen LogP) is 1.63. The molecule has 94 valence electrons. The molecule has 0 spiro atoms. The molecule has 7 heteroatoms. The maximum Gasteiger partial charge on any atom is 0.322 e. The normalized spacial score (nSPS) is 10.2.